The summed E-state index contributed by atoms with van der Waals surface area (Å²) in [5, 5.41) is 0. The number of nitrogens with zero attached hydrogens (tertiary/aromatic N) is 1. The fourth-order valence-electron chi connectivity index (χ4n) is 1.09. The Morgan fingerprint density at radius 2 is 1.10 bits per heavy atom. The molecule has 0 amide bonds. The Bertz CT molecular complexity index is 448. The molecule has 0 aliphatic rings. The number of allylic oxidation sites excluding steroid dienone is 2. The Balaban J connectivity index is 0.000000289. The second-order valence-corrected chi connectivity index (χ2v) is 3.57. The maximum atomic E-state index is 3.85. The second kappa shape index (κ2) is 12.8. The molecular weight excluding hydrogens is 242 g/mol. The lowest BCUT2D eigenvalue weighted by molar-refractivity contribution is 1.32. The van der Waals surface area contributed by atoms with E-state index >= 15 is 0 Å². The van der Waals surface area contributed by atoms with Crippen molar-refractivity contribution in [3.05, 3.63) is 104 Å². The van der Waals surface area contributed by atoms with Gasteiger partial charge in [-0.2, -0.15) is 0 Å². The van der Waals surface area contributed by atoms with Gasteiger partial charge in [-0.1, -0.05) is 81.0 Å². The third kappa shape index (κ3) is 9.37. The van der Waals surface area contributed by atoms with E-state index in [1.165, 1.54) is 5.56 Å². The largest absolute Gasteiger partial charge is 0.265 e. The summed E-state index contributed by atoms with van der Waals surface area (Å²) in [4.78, 5) is 3.85. The molecule has 1 aromatic heterocycles. The van der Waals surface area contributed by atoms with Crippen LogP contribution >= 0.6 is 0 Å². The van der Waals surface area contributed by atoms with Crippen molar-refractivity contribution in [2.24, 2.45) is 0 Å². The maximum Gasteiger partial charge on any atom is 0.0273 e. The normalized spacial score (nSPS) is 7.80. The Hall–Kier alpha value is -2.67. The molecular formula is C19H21N. The topological polar surface area (TPSA) is 12.9 Å². The lowest BCUT2D eigenvalue weighted by Crippen LogP contribution is -1.69. The van der Waals surface area contributed by atoms with Gasteiger partial charge in [-0.05, 0) is 23.3 Å². The van der Waals surface area contributed by atoms with Gasteiger partial charge >= 0.3 is 0 Å². The molecule has 0 fully saturated rings. The molecule has 0 aliphatic heterocycles. The first kappa shape index (κ1) is 17.3. The lowest BCUT2D eigenvalue weighted by atomic mass is 10.2. The van der Waals surface area contributed by atoms with E-state index in [4.69, 9.17) is 0 Å². The molecule has 0 bridgehead atoms. The summed E-state index contributed by atoms with van der Waals surface area (Å²) in [5.74, 6) is 0. The number of hydrogen-bond acceptors (Lipinski definition) is 1. The number of rotatable bonds is 3. The lowest BCUT2D eigenvalue weighted by Gasteiger charge is -1.85. The number of hydrogen-bond donors (Lipinski definition) is 0. The Morgan fingerprint density at radius 3 is 1.40 bits per heavy atom. The first-order chi connectivity index (χ1) is 9.78. The van der Waals surface area contributed by atoms with Crippen molar-refractivity contribution in [1.82, 2.24) is 4.98 Å². The fourth-order valence-corrected chi connectivity index (χ4v) is 1.09. The molecule has 1 nitrogen and oxygen atoms in total. The minimum atomic E-state index is 1.11. The second-order valence-electron chi connectivity index (χ2n) is 3.57. The highest BCUT2D eigenvalue weighted by molar-refractivity contribution is 5.45. The van der Waals surface area contributed by atoms with Gasteiger partial charge in [0.25, 0.3) is 0 Å². The first-order valence-electron chi connectivity index (χ1n) is 6.21. The van der Waals surface area contributed by atoms with Crippen LogP contribution in [0.3, 0.4) is 0 Å². The van der Waals surface area contributed by atoms with Crippen LogP contribution in [0.2, 0.25) is 0 Å². The molecule has 0 saturated carbocycles. The highest BCUT2D eigenvalue weighted by atomic mass is 14.6. The van der Waals surface area contributed by atoms with Crippen LogP contribution in [0.1, 0.15) is 11.1 Å². The molecule has 0 atom stereocenters. The molecule has 2 rings (SSSR count). The zero-order chi connectivity index (χ0) is 15.1. The molecule has 0 N–H and O–H groups in total. The van der Waals surface area contributed by atoms with E-state index < -0.39 is 0 Å². The highest BCUT2D eigenvalue weighted by Crippen LogP contribution is 1.97. The highest BCUT2D eigenvalue weighted by Gasteiger charge is 1.77. The number of pyridine rings is 1. The summed E-state index contributed by atoms with van der Waals surface area (Å²) < 4.78 is 0. The minimum absolute atomic E-state index is 1.11. The van der Waals surface area contributed by atoms with Gasteiger partial charge in [-0.25, -0.2) is 0 Å². The van der Waals surface area contributed by atoms with Gasteiger partial charge in [0.15, 0.2) is 0 Å². The molecule has 0 spiro atoms. The van der Waals surface area contributed by atoms with Crippen LogP contribution in [0.25, 0.3) is 12.2 Å². The van der Waals surface area contributed by atoms with Crippen LogP contribution < -0.4 is 0 Å². The smallest absolute Gasteiger partial charge is 0.0273 e. The van der Waals surface area contributed by atoms with Crippen molar-refractivity contribution in [2.75, 3.05) is 0 Å². The van der Waals surface area contributed by atoms with E-state index in [-0.39, 0.29) is 0 Å². The molecule has 102 valence electrons. The predicted molar refractivity (Wildman–Crippen MR) is 91.3 cm³/mol. The quantitative estimate of drug-likeness (QED) is 0.674. The fraction of sp³-hybridized carbons (Fsp3) is 0. The zero-order valence-electron chi connectivity index (χ0n) is 11.8. The summed E-state index contributed by atoms with van der Waals surface area (Å²) in [6, 6.07) is 13.8. The summed E-state index contributed by atoms with van der Waals surface area (Å²) in [5.41, 5.74) is 2.28. The first-order valence-corrected chi connectivity index (χ1v) is 6.21. The van der Waals surface area contributed by atoms with E-state index in [2.05, 4.69) is 31.3 Å². The van der Waals surface area contributed by atoms with Crippen LogP contribution in [-0.4, -0.2) is 4.98 Å². The standard InChI is InChI=1S/C8H8.C7H7N.C4H6/c1-2-8-6-4-3-5-7-8;1-2-7-3-5-8-6-4-7;1-3-4-2/h2-7H,1H2;2-6H,1H2;3-4H,1-2H2. The average Bonchev–Trinajstić information content (AvgIpc) is 2.57. The number of benzene rings is 1. The van der Waals surface area contributed by atoms with Gasteiger partial charge in [-0.3, -0.25) is 4.98 Å². The van der Waals surface area contributed by atoms with Gasteiger partial charge in [-0.15, -0.1) is 0 Å². The van der Waals surface area contributed by atoms with Crippen LogP contribution in [0, 0.1) is 0 Å². The zero-order valence-corrected chi connectivity index (χ0v) is 11.8. The maximum absolute atomic E-state index is 3.85. The number of aromatic nitrogens is 1. The molecule has 0 unspecified atom stereocenters. The molecule has 1 aromatic carbocycles. The Kier molecular flexibility index (Phi) is 11.1. The molecule has 1 heterocycles. The van der Waals surface area contributed by atoms with Crippen LogP contribution in [0.4, 0.5) is 0 Å². The van der Waals surface area contributed by atoms with Crippen molar-refractivity contribution >= 4 is 12.2 Å². The summed E-state index contributed by atoms with van der Waals surface area (Å²) >= 11 is 0. The van der Waals surface area contributed by atoms with Crippen LogP contribution in [0.15, 0.2) is 93.3 Å². The molecule has 0 radical (unpaired) electrons. The van der Waals surface area contributed by atoms with Crippen LogP contribution in [-0.2, 0) is 0 Å². The molecule has 2 aromatic rings. The van der Waals surface area contributed by atoms with Crippen molar-refractivity contribution < 1.29 is 0 Å². The Labute approximate surface area is 122 Å². The van der Waals surface area contributed by atoms with Crippen molar-refractivity contribution in [3.63, 3.8) is 0 Å². The average molecular weight is 263 g/mol. The van der Waals surface area contributed by atoms with Gasteiger partial charge in [0.2, 0.25) is 0 Å². The van der Waals surface area contributed by atoms with Crippen molar-refractivity contribution in [2.45, 2.75) is 0 Å². The van der Waals surface area contributed by atoms with Gasteiger partial charge in [0.1, 0.15) is 0 Å². The third-order valence-electron chi connectivity index (χ3n) is 2.14. The summed E-state index contributed by atoms with van der Waals surface area (Å²) in [6.07, 6.45) is 10.4. The van der Waals surface area contributed by atoms with Crippen molar-refractivity contribution in [3.8, 4) is 0 Å². The molecule has 1 heteroatoms. The summed E-state index contributed by atoms with van der Waals surface area (Å²) in [7, 11) is 0. The van der Waals surface area contributed by atoms with Crippen molar-refractivity contribution in [1.29, 1.82) is 0 Å². The molecule has 0 aliphatic carbocycles. The van der Waals surface area contributed by atoms with E-state index in [0.717, 1.165) is 5.56 Å². The van der Waals surface area contributed by atoms with E-state index in [1.54, 1.807) is 30.6 Å². The van der Waals surface area contributed by atoms with Gasteiger partial charge in [0.05, 0.1) is 0 Å². The third-order valence-corrected chi connectivity index (χ3v) is 2.14. The van der Waals surface area contributed by atoms with E-state index in [9.17, 15) is 0 Å². The van der Waals surface area contributed by atoms with E-state index in [1.807, 2.05) is 48.5 Å². The Morgan fingerprint density at radius 1 is 0.650 bits per heavy atom. The minimum Gasteiger partial charge on any atom is -0.265 e. The predicted octanol–water partition coefficient (Wildman–Crippen LogP) is 5.41. The van der Waals surface area contributed by atoms with Gasteiger partial charge in [0, 0.05) is 12.4 Å². The monoisotopic (exact) mass is 263 g/mol. The summed E-state index contributed by atoms with van der Waals surface area (Å²) in [6.45, 7) is 14.0. The SMILES string of the molecule is C=CC=C.C=Cc1ccccc1.C=Cc1ccncc1. The molecule has 0 saturated heterocycles. The van der Waals surface area contributed by atoms with Gasteiger partial charge < -0.3 is 0 Å². The molecule has 20 heavy (non-hydrogen) atoms. The van der Waals surface area contributed by atoms with E-state index in [0.29, 0.717) is 0 Å². The van der Waals surface area contributed by atoms with Crippen LogP contribution in [0.5, 0.6) is 0 Å².